The number of hydrogen-bond acceptors (Lipinski definition) is 3. The summed E-state index contributed by atoms with van der Waals surface area (Å²) < 4.78 is 5.13. The molecule has 0 aliphatic carbocycles. The first-order valence-corrected chi connectivity index (χ1v) is 5.24. The fourth-order valence-corrected chi connectivity index (χ4v) is 1.66. The fourth-order valence-electron chi connectivity index (χ4n) is 1.66. The van der Waals surface area contributed by atoms with Gasteiger partial charge in [0.15, 0.2) is 0 Å². The summed E-state index contributed by atoms with van der Waals surface area (Å²) in [6.07, 6.45) is 2.08. The third-order valence-corrected chi connectivity index (χ3v) is 2.60. The molecule has 0 radical (unpaired) electrons. The number of carbonyl (C=O) groups is 1. The van der Waals surface area contributed by atoms with Gasteiger partial charge in [0.1, 0.15) is 0 Å². The van der Waals surface area contributed by atoms with E-state index in [9.17, 15) is 4.79 Å². The molecule has 1 heterocycles. The lowest BCUT2D eigenvalue weighted by atomic mass is 10.1. The van der Waals surface area contributed by atoms with Crippen LogP contribution < -0.4 is 5.32 Å². The Bertz CT molecular complexity index is 197. The van der Waals surface area contributed by atoms with E-state index in [1.807, 2.05) is 11.8 Å². The van der Waals surface area contributed by atoms with E-state index in [4.69, 9.17) is 4.74 Å². The number of nitrogens with one attached hydrogen (secondary N) is 1. The van der Waals surface area contributed by atoms with Crippen LogP contribution in [-0.4, -0.2) is 43.3 Å². The van der Waals surface area contributed by atoms with Crippen LogP contribution in [0.25, 0.3) is 0 Å². The Labute approximate surface area is 85.6 Å². The lowest BCUT2D eigenvalue weighted by Crippen LogP contribution is -2.35. The van der Waals surface area contributed by atoms with Crippen LogP contribution in [0.4, 0.5) is 0 Å². The number of carbonyl (C=O) groups excluding carboxylic acids is 1. The van der Waals surface area contributed by atoms with Gasteiger partial charge in [-0.05, 0) is 13.3 Å². The molecule has 0 aromatic rings. The van der Waals surface area contributed by atoms with Crippen molar-refractivity contribution in [2.45, 2.75) is 38.8 Å². The van der Waals surface area contributed by atoms with E-state index in [0.717, 1.165) is 12.8 Å². The van der Waals surface area contributed by atoms with Gasteiger partial charge in [-0.2, -0.15) is 0 Å². The summed E-state index contributed by atoms with van der Waals surface area (Å²) in [5.41, 5.74) is 0. The molecule has 1 fully saturated rings. The minimum absolute atomic E-state index is 0.0315. The molecule has 1 amide bonds. The molecule has 4 nitrogen and oxygen atoms in total. The number of nitrogens with zero attached hydrogens (tertiary/aromatic N) is 1. The van der Waals surface area contributed by atoms with Gasteiger partial charge in [0.25, 0.3) is 0 Å². The van der Waals surface area contributed by atoms with Crippen molar-refractivity contribution >= 4 is 5.91 Å². The van der Waals surface area contributed by atoms with E-state index < -0.39 is 0 Å². The molecule has 1 saturated heterocycles. The lowest BCUT2D eigenvalue weighted by Gasteiger charge is -2.19. The molecule has 4 heteroatoms. The molecule has 2 atom stereocenters. The van der Waals surface area contributed by atoms with E-state index in [-0.39, 0.29) is 18.1 Å². The number of ether oxygens (including phenoxy) is 1. The summed E-state index contributed by atoms with van der Waals surface area (Å²) in [4.78, 5) is 13.6. The quantitative estimate of drug-likeness (QED) is 0.706. The van der Waals surface area contributed by atoms with Crippen LogP contribution in [0.2, 0.25) is 0 Å². The molecule has 0 aromatic carbocycles. The van der Waals surface area contributed by atoms with E-state index in [2.05, 4.69) is 12.2 Å². The summed E-state index contributed by atoms with van der Waals surface area (Å²) in [6, 6.07) is 0.0315. The first-order valence-electron chi connectivity index (χ1n) is 5.24. The third kappa shape index (κ3) is 2.69. The van der Waals surface area contributed by atoms with Crippen molar-refractivity contribution in [2.24, 2.45) is 0 Å². The molecule has 0 saturated carbocycles. The summed E-state index contributed by atoms with van der Waals surface area (Å²) in [5, 5.41) is 3.21. The van der Waals surface area contributed by atoms with Crippen LogP contribution in [0.5, 0.6) is 0 Å². The molecule has 1 rings (SSSR count). The van der Waals surface area contributed by atoms with Crippen LogP contribution in [-0.2, 0) is 9.53 Å². The fraction of sp³-hybridized carbons (Fsp3) is 0.900. The Hall–Kier alpha value is -0.610. The summed E-state index contributed by atoms with van der Waals surface area (Å²) in [7, 11) is 1.67. The molecule has 14 heavy (non-hydrogen) atoms. The highest BCUT2D eigenvalue weighted by atomic mass is 16.5. The van der Waals surface area contributed by atoms with Crippen molar-refractivity contribution in [1.29, 1.82) is 0 Å². The Morgan fingerprint density at radius 3 is 3.00 bits per heavy atom. The smallest absolute Gasteiger partial charge is 0.240 e. The highest BCUT2D eigenvalue weighted by Gasteiger charge is 2.30. The third-order valence-electron chi connectivity index (χ3n) is 2.60. The zero-order valence-electron chi connectivity index (χ0n) is 9.25. The molecule has 1 N–H and O–H groups in total. The van der Waals surface area contributed by atoms with Crippen molar-refractivity contribution < 1.29 is 9.53 Å². The number of hydrogen-bond donors (Lipinski definition) is 1. The molecule has 0 aromatic heterocycles. The van der Waals surface area contributed by atoms with Crippen LogP contribution >= 0.6 is 0 Å². The van der Waals surface area contributed by atoms with E-state index in [0.29, 0.717) is 13.2 Å². The predicted molar refractivity (Wildman–Crippen MR) is 54.9 cm³/mol. The summed E-state index contributed by atoms with van der Waals surface area (Å²) >= 11 is 0. The van der Waals surface area contributed by atoms with E-state index >= 15 is 0 Å². The zero-order chi connectivity index (χ0) is 10.6. The van der Waals surface area contributed by atoms with E-state index in [1.165, 1.54) is 0 Å². The van der Waals surface area contributed by atoms with Gasteiger partial charge in [0, 0.05) is 13.7 Å². The molecule has 1 aliphatic rings. The topological polar surface area (TPSA) is 41.6 Å². The second kappa shape index (κ2) is 5.32. The lowest BCUT2D eigenvalue weighted by molar-refractivity contribution is -0.130. The number of rotatable bonds is 5. The van der Waals surface area contributed by atoms with Gasteiger partial charge in [-0.25, -0.2) is 0 Å². The van der Waals surface area contributed by atoms with Gasteiger partial charge in [-0.15, -0.1) is 0 Å². The van der Waals surface area contributed by atoms with Crippen LogP contribution in [0.15, 0.2) is 0 Å². The standard InChI is InChI=1S/C10H20N2O2/c1-4-5-9-10(13)12(7-11-9)6-8(2)14-3/h8-9,11H,4-7H2,1-3H3. The molecule has 2 unspecified atom stereocenters. The van der Waals surface area contributed by atoms with E-state index in [1.54, 1.807) is 7.11 Å². The highest BCUT2D eigenvalue weighted by molar-refractivity contribution is 5.83. The molecular formula is C10H20N2O2. The largest absolute Gasteiger partial charge is 0.380 e. The van der Waals surface area contributed by atoms with Crippen molar-refractivity contribution in [3.63, 3.8) is 0 Å². The average Bonchev–Trinajstić information content (AvgIpc) is 2.50. The number of amides is 1. The monoisotopic (exact) mass is 200 g/mol. The van der Waals surface area contributed by atoms with Gasteiger partial charge < -0.3 is 9.64 Å². The van der Waals surface area contributed by atoms with Gasteiger partial charge in [0.05, 0.1) is 18.8 Å². The second-order valence-corrected chi connectivity index (χ2v) is 3.81. The Morgan fingerprint density at radius 1 is 1.71 bits per heavy atom. The summed E-state index contributed by atoms with van der Waals surface area (Å²) in [6.45, 7) is 5.41. The van der Waals surface area contributed by atoms with Crippen molar-refractivity contribution in [3.05, 3.63) is 0 Å². The first kappa shape index (κ1) is 11.5. The maximum Gasteiger partial charge on any atom is 0.240 e. The maximum absolute atomic E-state index is 11.8. The normalized spacial score (nSPS) is 24.4. The van der Waals surface area contributed by atoms with Crippen LogP contribution in [0.3, 0.4) is 0 Å². The van der Waals surface area contributed by atoms with Crippen molar-refractivity contribution in [1.82, 2.24) is 10.2 Å². The molecule has 0 spiro atoms. The van der Waals surface area contributed by atoms with Gasteiger partial charge in [-0.1, -0.05) is 13.3 Å². The minimum atomic E-state index is 0.0315. The zero-order valence-corrected chi connectivity index (χ0v) is 9.25. The van der Waals surface area contributed by atoms with Crippen LogP contribution in [0.1, 0.15) is 26.7 Å². The van der Waals surface area contributed by atoms with Crippen molar-refractivity contribution in [2.75, 3.05) is 20.3 Å². The summed E-state index contributed by atoms with van der Waals surface area (Å²) in [5.74, 6) is 0.218. The Morgan fingerprint density at radius 2 is 2.43 bits per heavy atom. The Kier molecular flexibility index (Phi) is 4.35. The SMILES string of the molecule is CCCC1NCN(CC(C)OC)C1=O. The molecule has 0 bridgehead atoms. The Balaban J connectivity index is 2.39. The second-order valence-electron chi connectivity index (χ2n) is 3.81. The van der Waals surface area contributed by atoms with Gasteiger partial charge >= 0.3 is 0 Å². The van der Waals surface area contributed by atoms with Crippen molar-refractivity contribution in [3.8, 4) is 0 Å². The molecule has 82 valence electrons. The van der Waals surface area contributed by atoms with Crippen LogP contribution in [0, 0.1) is 0 Å². The molecular weight excluding hydrogens is 180 g/mol. The minimum Gasteiger partial charge on any atom is -0.380 e. The molecule has 1 aliphatic heterocycles. The van der Waals surface area contributed by atoms with Gasteiger partial charge in [-0.3, -0.25) is 10.1 Å². The first-order chi connectivity index (χ1) is 6.69. The predicted octanol–water partition coefficient (Wildman–Crippen LogP) is 0.579. The van der Waals surface area contributed by atoms with Gasteiger partial charge in [0.2, 0.25) is 5.91 Å². The average molecular weight is 200 g/mol. The number of methoxy groups -OCH3 is 1. The highest BCUT2D eigenvalue weighted by Crippen LogP contribution is 2.09. The maximum atomic E-state index is 11.8.